The number of nitrogens with one attached hydrogen (secondary N) is 1. The fourth-order valence-electron chi connectivity index (χ4n) is 1.96. The van der Waals surface area contributed by atoms with Gasteiger partial charge in [0.05, 0.1) is 10.5 Å². The number of nitrogens with zero attached hydrogens (tertiary/aromatic N) is 3. The summed E-state index contributed by atoms with van der Waals surface area (Å²) in [4.78, 5) is 12.8. The van der Waals surface area contributed by atoms with Crippen LogP contribution in [0.3, 0.4) is 0 Å². The van der Waals surface area contributed by atoms with Crippen molar-refractivity contribution in [3.05, 3.63) is 46.7 Å². The molecule has 104 valence electrons. The van der Waals surface area contributed by atoms with Crippen LogP contribution in [0.5, 0.6) is 0 Å². The van der Waals surface area contributed by atoms with Crippen molar-refractivity contribution in [1.82, 2.24) is 15.0 Å². The van der Waals surface area contributed by atoms with Crippen molar-refractivity contribution < 1.29 is 0 Å². The average molecular weight is 294 g/mol. The first kappa shape index (κ1) is 13.5. The Bertz CT molecular complexity index is 808. The largest absolute Gasteiger partial charge is 0.368 e. The molecule has 0 saturated carbocycles. The molecule has 0 aliphatic heterocycles. The van der Waals surface area contributed by atoms with Crippen LogP contribution < -0.4 is 5.32 Å². The van der Waals surface area contributed by atoms with E-state index < -0.39 is 0 Å². The first-order chi connectivity index (χ1) is 10.3. The second-order valence-electron chi connectivity index (χ2n) is 4.47. The van der Waals surface area contributed by atoms with Gasteiger partial charge in [-0.05, 0) is 25.0 Å². The van der Waals surface area contributed by atoms with Gasteiger partial charge in [0.25, 0.3) is 0 Å². The number of thiazole rings is 1. The summed E-state index contributed by atoms with van der Waals surface area (Å²) in [6.07, 6.45) is 2.32. The van der Waals surface area contributed by atoms with Crippen LogP contribution in [0.2, 0.25) is 0 Å². The smallest absolute Gasteiger partial charge is 0.137 e. The highest BCUT2D eigenvalue weighted by molar-refractivity contribution is 7.09. The first-order valence-corrected chi connectivity index (χ1v) is 7.55. The molecular formula is C16H14N4S. The van der Waals surface area contributed by atoms with Crippen molar-refractivity contribution in [2.75, 3.05) is 11.9 Å². The molecule has 1 aromatic carbocycles. The Hall–Kier alpha value is -2.45. The van der Waals surface area contributed by atoms with Crippen molar-refractivity contribution in [2.45, 2.75) is 13.3 Å². The van der Waals surface area contributed by atoms with Crippen LogP contribution in [-0.4, -0.2) is 21.5 Å². The van der Waals surface area contributed by atoms with Crippen molar-refractivity contribution in [3.8, 4) is 11.8 Å². The normalized spacial score (nSPS) is 10.1. The lowest BCUT2D eigenvalue weighted by Crippen LogP contribution is -2.03. The second-order valence-corrected chi connectivity index (χ2v) is 5.53. The lowest BCUT2D eigenvalue weighted by molar-refractivity contribution is 1.07. The number of hydrogen-bond donors (Lipinski definition) is 1. The van der Waals surface area contributed by atoms with E-state index in [4.69, 9.17) is 0 Å². The van der Waals surface area contributed by atoms with Crippen LogP contribution in [0.1, 0.15) is 17.1 Å². The van der Waals surface area contributed by atoms with Crippen molar-refractivity contribution >= 4 is 28.1 Å². The van der Waals surface area contributed by atoms with Crippen LogP contribution in [0, 0.1) is 18.8 Å². The number of para-hydroxylation sites is 1. The van der Waals surface area contributed by atoms with Gasteiger partial charge in [-0.15, -0.1) is 11.3 Å². The van der Waals surface area contributed by atoms with E-state index in [1.165, 1.54) is 0 Å². The molecule has 0 spiro atoms. The van der Waals surface area contributed by atoms with Gasteiger partial charge in [0.15, 0.2) is 0 Å². The Balaban J connectivity index is 1.61. The maximum absolute atomic E-state index is 4.31. The number of anilines is 1. The third-order valence-electron chi connectivity index (χ3n) is 2.92. The Kier molecular flexibility index (Phi) is 4.08. The molecule has 0 saturated heterocycles. The predicted octanol–water partition coefficient (Wildman–Crippen LogP) is 3.25. The lowest BCUT2D eigenvalue weighted by atomic mass is 10.2. The maximum Gasteiger partial charge on any atom is 0.137 e. The quantitative estimate of drug-likeness (QED) is 0.595. The van der Waals surface area contributed by atoms with E-state index in [1.54, 1.807) is 17.7 Å². The van der Waals surface area contributed by atoms with Crippen molar-refractivity contribution in [2.24, 2.45) is 0 Å². The number of aromatic nitrogens is 3. The summed E-state index contributed by atoms with van der Waals surface area (Å²) in [6.45, 7) is 2.73. The summed E-state index contributed by atoms with van der Waals surface area (Å²) in [7, 11) is 0. The molecule has 2 aromatic heterocycles. The maximum atomic E-state index is 4.31. The zero-order chi connectivity index (χ0) is 14.5. The molecule has 0 aliphatic carbocycles. The van der Waals surface area contributed by atoms with Gasteiger partial charge in [0.1, 0.15) is 17.8 Å². The summed E-state index contributed by atoms with van der Waals surface area (Å²) in [5.74, 6) is 7.04. The minimum atomic E-state index is 0.745. The minimum absolute atomic E-state index is 0.745. The molecule has 0 radical (unpaired) electrons. The average Bonchev–Trinajstić information content (AvgIpc) is 2.92. The molecule has 5 heteroatoms. The topological polar surface area (TPSA) is 50.7 Å². The van der Waals surface area contributed by atoms with Crippen molar-refractivity contribution in [1.29, 1.82) is 0 Å². The highest BCUT2D eigenvalue weighted by Crippen LogP contribution is 2.17. The van der Waals surface area contributed by atoms with Crippen LogP contribution in [0.4, 0.5) is 5.82 Å². The first-order valence-electron chi connectivity index (χ1n) is 6.67. The van der Waals surface area contributed by atoms with Gasteiger partial charge in [-0.2, -0.15) is 0 Å². The van der Waals surface area contributed by atoms with Crippen molar-refractivity contribution in [3.63, 3.8) is 0 Å². The Labute approximate surface area is 127 Å². The number of benzene rings is 1. The molecular weight excluding hydrogens is 280 g/mol. The zero-order valence-electron chi connectivity index (χ0n) is 11.6. The highest BCUT2D eigenvalue weighted by Gasteiger charge is 2.00. The van der Waals surface area contributed by atoms with Gasteiger partial charge in [-0.25, -0.2) is 15.0 Å². The number of rotatable bonds is 3. The Morgan fingerprint density at radius 1 is 1.24 bits per heavy atom. The molecule has 0 bridgehead atoms. The van der Waals surface area contributed by atoms with Crippen LogP contribution in [0.25, 0.3) is 10.9 Å². The summed E-state index contributed by atoms with van der Waals surface area (Å²) >= 11 is 1.62. The van der Waals surface area contributed by atoms with E-state index in [1.807, 2.05) is 36.6 Å². The van der Waals surface area contributed by atoms with E-state index >= 15 is 0 Å². The molecule has 21 heavy (non-hydrogen) atoms. The van der Waals surface area contributed by atoms with E-state index in [0.717, 1.165) is 40.4 Å². The van der Waals surface area contributed by atoms with Gasteiger partial charge in [-0.3, -0.25) is 0 Å². The van der Waals surface area contributed by atoms with Crippen LogP contribution >= 0.6 is 11.3 Å². The molecule has 1 N–H and O–H groups in total. The third-order valence-corrected chi connectivity index (χ3v) is 3.69. The summed E-state index contributed by atoms with van der Waals surface area (Å²) in [5, 5.41) is 7.36. The summed E-state index contributed by atoms with van der Waals surface area (Å²) < 4.78 is 0. The summed E-state index contributed by atoms with van der Waals surface area (Å²) in [6, 6.07) is 7.95. The molecule has 4 nitrogen and oxygen atoms in total. The summed E-state index contributed by atoms with van der Waals surface area (Å²) in [5.41, 5.74) is 1.80. The monoisotopic (exact) mass is 294 g/mol. The van der Waals surface area contributed by atoms with Crippen LogP contribution in [0.15, 0.2) is 36.0 Å². The highest BCUT2D eigenvalue weighted by atomic mass is 32.1. The molecule has 0 fully saturated rings. The number of fused-ring (bicyclic) bond motifs is 1. The molecule has 0 amide bonds. The molecule has 3 rings (SSSR count). The number of aryl methyl sites for hydroxylation is 1. The van der Waals surface area contributed by atoms with Gasteiger partial charge in [0.2, 0.25) is 0 Å². The SMILES string of the molecule is Cc1nc(C#CCCNc2ncnc3ccccc23)cs1. The van der Waals surface area contributed by atoms with E-state index in [9.17, 15) is 0 Å². The van der Waals surface area contributed by atoms with E-state index in [0.29, 0.717) is 0 Å². The van der Waals surface area contributed by atoms with Gasteiger partial charge >= 0.3 is 0 Å². The molecule has 2 heterocycles. The van der Waals surface area contributed by atoms with Gasteiger partial charge < -0.3 is 5.32 Å². The Morgan fingerprint density at radius 3 is 3.00 bits per heavy atom. The van der Waals surface area contributed by atoms with Gasteiger partial charge in [0, 0.05) is 23.7 Å². The third kappa shape index (κ3) is 3.36. The minimum Gasteiger partial charge on any atom is -0.368 e. The molecule has 3 aromatic rings. The zero-order valence-corrected chi connectivity index (χ0v) is 12.4. The van der Waals surface area contributed by atoms with E-state index in [2.05, 4.69) is 32.1 Å². The molecule has 0 unspecified atom stereocenters. The lowest BCUT2D eigenvalue weighted by Gasteiger charge is -2.05. The number of hydrogen-bond acceptors (Lipinski definition) is 5. The second kappa shape index (κ2) is 6.33. The van der Waals surface area contributed by atoms with Gasteiger partial charge in [-0.1, -0.05) is 18.1 Å². The van der Waals surface area contributed by atoms with E-state index in [-0.39, 0.29) is 0 Å². The molecule has 0 atom stereocenters. The molecule has 0 aliphatic rings. The van der Waals surface area contributed by atoms with Crippen LogP contribution in [-0.2, 0) is 0 Å². The fraction of sp³-hybridized carbons (Fsp3) is 0.188. The predicted molar refractivity (Wildman–Crippen MR) is 86.4 cm³/mol. The fourth-order valence-corrected chi connectivity index (χ4v) is 2.51. The standard InChI is InChI=1S/C16H14N4S/c1-12-20-13(10-21-12)6-4-5-9-17-16-14-7-2-3-8-15(14)18-11-19-16/h2-3,7-8,10-11H,5,9H2,1H3,(H,17,18,19). The Morgan fingerprint density at radius 2 is 2.14 bits per heavy atom.